The highest BCUT2D eigenvalue weighted by atomic mass is 79.9. The second kappa shape index (κ2) is 3.96. The summed E-state index contributed by atoms with van der Waals surface area (Å²) in [6, 6.07) is 3.19. The Balaban J connectivity index is 2.37. The van der Waals surface area contributed by atoms with Crippen molar-refractivity contribution in [1.29, 1.82) is 0 Å². The molecule has 2 rings (SSSR count). The zero-order valence-electron chi connectivity index (χ0n) is 7.72. The molecule has 0 aromatic heterocycles. The van der Waals surface area contributed by atoms with Crippen molar-refractivity contribution >= 4 is 15.9 Å². The van der Waals surface area contributed by atoms with Gasteiger partial charge in [-0.05, 0) is 40.5 Å². The van der Waals surface area contributed by atoms with Gasteiger partial charge in [0.25, 0.3) is 0 Å². The minimum Gasteiger partial charge on any atom is -0.346 e. The zero-order chi connectivity index (χ0) is 10.1. The summed E-state index contributed by atoms with van der Waals surface area (Å²) >= 11 is 3.13. The summed E-state index contributed by atoms with van der Waals surface area (Å²) in [6.45, 7) is 3.05. The molecule has 1 aromatic carbocycles. The van der Waals surface area contributed by atoms with Crippen LogP contribution in [0.15, 0.2) is 16.6 Å². The van der Waals surface area contributed by atoms with E-state index in [0.717, 1.165) is 11.1 Å². The number of hydrogen-bond acceptors (Lipinski definition) is 2. The summed E-state index contributed by atoms with van der Waals surface area (Å²) in [4.78, 5) is 0. The Morgan fingerprint density at radius 2 is 2.00 bits per heavy atom. The molecule has 0 aliphatic carbocycles. The lowest BCUT2D eigenvalue weighted by molar-refractivity contribution is -0.0447. The molecule has 4 heteroatoms. The van der Waals surface area contributed by atoms with Crippen molar-refractivity contribution in [3.8, 4) is 0 Å². The van der Waals surface area contributed by atoms with Crippen LogP contribution >= 0.6 is 15.9 Å². The molecule has 0 saturated carbocycles. The van der Waals surface area contributed by atoms with Crippen molar-refractivity contribution in [1.82, 2.24) is 0 Å². The van der Waals surface area contributed by atoms with E-state index in [2.05, 4.69) is 15.9 Å². The number of benzene rings is 1. The molecule has 1 saturated heterocycles. The van der Waals surface area contributed by atoms with Gasteiger partial charge in [-0.2, -0.15) is 0 Å². The van der Waals surface area contributed by atoms with Crippen molar-refractivity contribution in [3.63, 3.8) is 0 Å². The Kier molecular flexibility index (Phi) is 2.85. The third-order valence-corrected chi connectivity index (χ3v) is 2.79. The van der Waals surface area contributed by atoms with E-state index in [0.29, 0.717) is 17.7 Å². The van der Waals surface area contributed by atoms with E-state index in [1.54, 1.807) is 6.07 Å². The first kappa shape index (κ1) is 10.1. The molecule has 0 unspecified atom stereocenters. The fourth-order valence-electron chi connectivity index (χ4n) is 1.45. The zero-order valence-corrected chi connectivity index (χ0v) is 9.30. The van der Waals surface area contributed by atoms with Crippen molar-refractivity contribution in [2.24, 2.45) is 0 Å². The summed E-state index contributed by atoms with van der Waals surface area (Å²) in [5, 5.41) is 0. The first-order chi connectivity index (χ1) is 6.68. The van der Waals surface area contributed by atoms with Crippen LogP contribution in [0.5, 0.6) is 0 Å². The minimum atomic E-state index is -0.405. The summed E-state index contributed by atoms with van der Waals surface area (Å²) < 4.78 is 24.3. The summed E-state index contributed by atoms with van der Waals surface area (Å²) in [6.07, 6.45) is -0.405. The third kappa shape index (κ3) is 1.82. The highest BCUT2D eigenvalue weighted by molar-refractivity contribution is 9.10. The van der Waals surface area contributed by atoms with Crippen LogP contribution in [0.4, 0.5) is 4.39 Å². The van der Waals surface area contributed by atoms with Crippen LogP contribution in [0.25, 0.3) is 0 Å². The molecular formula is C10H10BrFO2. The summed E-state index contributed by atoms with van der Waals surface area (Å²) in [5.41, 5.74) is 1.73. The number of ether oxygens (including phenoxy) is 2. The largest absolute Gasteiger partial charge is 0.346 e. The first-order valence-electron chi connectivity index (χ1n) is 4.37. The van der Waals surface area contributed by atoms with E-state index >= 15 is 0 Å². The second-order valence-electron chi connectivity index (χ2n) is 3.20. The molecule has 0 radical (unpaired) electrons. The van der Waals surface area contributed by atoms with Gasteiger partial charge in [0.2, 0.25) is 0 Å². The van der Waals surface area contributed by atoms with Crippen LogP contribution < -0.4 is 0 Å². The fraction of sp³-hybridized carbons (Fsp3) is 0.400. The molecule has 1 aliphatic heterocycles. The lowest BCUT2D eigenvalue weighted by Crippen LogP contribution is -2.01. The Morgan fingerprint density at radius 1 is 1.36 bits per heavy atom. The van der Waals surface area contributed by atoms with Gasteiger partial charge in [0, 0.05) is 5.56 Å². The maximum absolute atomic E-state index is 13.3. The Labute approximate surface area is 90.1 Å². The van der Waals surface area contributed by atoms with Crippen LogP contribution in [-0.2, 0) is 9.47 Å². The predicted octanol–water partition coefficient (Wildman–Crippen LogP) is 2.94. The smallest absolute Gasteiger partial charge is 0.184 e. The number of hydrogen-bond donors (Lipinski definition) is 0. The van der Waals surface area contributed by atoms with Crippen LogP contribution in [0, 0.1) is 12.7 Å². The molecular weight excluding hydrogens is 251 g/mol. The standard InChI is InChI=1S/C10H10BrFO2/c1-6-4-8(11)9(12)5-7(6)10-13-2-3-14-10/h4-5,10H,2-3H2,1H3. The molecule has 1 aliphatic rings. The monoisotopic (exact) mass is 260 g/mol. The molecule has 0 N–H and O–H groups in total. The van der Waals surface area contributed by atoms with Gasteiger partial charge in [0.1, 0.15) is 5.82 Å². The Hall–Kier alpha value is -0.450. The SMILES string of the molecule is Cc1cc(Br)c(F)cc1C1OCCO1. The molecule has 76 valence electrons. The fourth-order valence-corrected chi connectivity index (χ4v) is 1.91. The van der Waals surface area contributed by atoms with Gasteiger partial charge in [-0.3, -0.25) is 0 Å². The van der Waals surface area contributed by atoms with Crippen LogP contribution in [0.2, 0.25) is 0 Å². The molecule has 1 heterocycles. The van der Waals surface area contributed by atoms with Gasteiger partial charge in [-0.1, -0.05) is 0 Å². The number of aryl methyl sites for hydroxylation is 1. The highest BCUT2D eigenvalue weighted by Crippen LogP contribution is 2.29. The molecule has 1 fully saturated rings. The van der Waals surface area contributed by atoms with Gasteiger partial charge in [0.05, 0.1) is 17.7 Å². The lowest BCUT2D eigenvalue weighted by Gasteiger charge is -2.12. The number of rotatable bonds is 1. The van der Waals surface area contributed by atoms with Gasteiger partial charge < -0.3 is 9.47 Å². The van der Waals surface area contributed by atoms with E-state index < -0.39 is 6.29 Å². The normalized spacial score (nSPS) is 17.6. The maximum atomic E-state index is 13.3. The van der Waals surface area contributed by atoms with Gasteiger partial charge in [-0.25, -0.2) is 4.39 Å². The van der Waals surface area contributed by atoms with E-state index in [1.165, 1.54) is 6.07 Å². The third-order valence-electron chi connectivity index (χ3n) is 2.18. The number of halogens is 2. The van der Waals surface area contributed by atoms with E-state index in [-0.39, 0.29) is 5.82 Å². The van der Waals surface area contributed by atoms with E-state index in [4.69, 9.17) is 9.47 Å². The van der Waals surface area contributed by atoms with Crippen LogP contribution in [0.1, 0.15) is 17.4 Å². The highest BCUT2D eigenvalue weighted by Gasteiger charge is 2.21. The molecule has 1 aromatic rings. The Bertz CT molecular complexity index is 348. The molecule has 2 nitrogen and oxygen atoms in total. The van der Waals surface area contributed by atoms with Crippen molar-refractivity contribution in [3.05, 3.63) is 33.5 Å². The van der Waals surface area contributed by atoms with Gasteiger partial charge in [-0.15, -0.1) is 0 Å². The molecule has 0 spiro atoms. The molecule has 0 amide bonds. The average Bonchev–Trinajstić information content (AvgIpc) is 2.64. The summed E-state index contributed by atoms with van der Waals surface area (Å²) in [5.74, 6) is -0.287. The van der Waals surface area contributed by atoms with Crippen LogP contribution in [-0.4, -0.2) is 13.2 Å². The van der Waals surface area contributed by atoms with E-state index in [1.807, 2.05) is 6.92 Å². The topological polar surface area (TPSA) is 18.5 Å². The van der Waals surface area contributed by atoms with Crippen molar-refractivity contribution in [2.45, 2.75) is 13.2 Å². The van der Waals surface area contributed by atoms with Crippen molar-refractivity contribution in [2.75, 3.05) is 13.2 Å². The van der Waals surface area contributed by atoms with E-state index in [9.17, 15) is 4.39 Å². The second-order valence-corrected chi connectivity index (χ2v) is 4.05. The van der Waals surface area contributed by atoms with Crippen molar-refractivity contribution < 1.29 is 13.9 Å². The molecule has 0 atom stereocenters. The summed E-state index contributed by atoms with van der Waals surface area (Å²) in [7, 11) is 0. The van der Waals surface area contributed by atoms with Crippen LogP contribution in [0.3, 0.4) is 0 Å². The lowest BCUT2D eigenvalue weighted by atomic mass is 10.1. The van der Waals surface area contributed by atoms with Gasteiger partial charge in [0.15, 0.2) is 6.29 Å². The molecule has 14 heavy (non-hydrogen) atoms. The quantitative estimate of drug-likeness (QED) is 0.773. The Morgan fingerprint density at radius 3 is 2.64 bits per heavy atom. The molecule has 0 bridgehead atoms. The predicted molar refractivity (Wildman–Crippen MR) is 53.5 cm³/mol. The minimum absolute atomic E-state index is 0.287. The average molecular weight is 261 g/mol. The maximum Gasteiger partial charge on any atom is 0.184 e. The van der Waals surface area contributed by atoms with Gasteiger partial charge >= 0.3 is 0 Å². The first-order valence-corrected chi connectivity index (χ1v) is 5.16.